The molecule has 0 saturated heterocycles. The standard InChI is InChI=1S/C14H16BCl2.Y/c15-14-11(12(16)9-13(14)17)8-4-7-10-5-2-1-3-6-10;/h1-2,5-6,11-14H,4,7-9H2;/q-1;. The number of aryl methyl sites for hydroxylation is 1. The van der Waals surface area contributed by atoms with Gasteiger partial charge >= 0.3 is 0 Å². The van der Waals surface area contributed by atoms with Gasteiger partial charge in [-0.15, -0.1) is 23.2 Å². The van der Waals surface area contributed by atoms with E-state index in [4.69, 9.17) is 31.0 Å². The van der Waals surface area contributed by atoms with Gasteiger partial charge < -0.3 is 0 Å². The quantitative estimate of drug-likeness (QED) is 0.435. The van der Waals surface area contributed by atoms with Gasteiger partial charge in [-0.1, -0.05) is 25.1 Å². The molecule has 1 aliphatic carbocycles. The van der Waals surface area contributed by atoms with Crippen molar-refractivity contribution in [1.29, 1.82) is 0 Å². The third-order valence-corrected chi connectivity index (χ3v) is 4.57. The molecule has 1 saturated carbocycles. The maximum atomic E-state index is 6.28. The van der Waals surface area contributed by atoms with Gasteiger partial charge in [0.1, 0.15) is 0 Å². The van der Waals surface area contributed by atoms with E-state index in [-0.39, 0.29) is 49.3 Å². The van der Waals surface area contributed by atoms with Crippen LogP contribution in [-0.4, -0.2) is 18.6 Å². The fourth-order valence-electron chi connectivity index (χ4n) is 2.56. The van der Waals surface area contributed by atoms with Gasteiger partial charge in [0.15, 0.2) is 0 Å². The van der Waals surface area contributed by atoms with Crippen LogP contribution >= 0.6 is 23.2 Å². The smallest absolute Gasteiger partial charge is 0.0724 e. The zero-order valence-corrected chi connectivity index (χ0v) is 14.7. The number of benzene rings is 1. The molecule has 2 rings (SSSR count). The molecule has 0 heterocycles. The molecule has 0 amide bonds. The van der Waals surface area contributed by atoms with Crippen LogP contribution in [0.5, 0.6) is 0 Å². The molecular formula is C14H16BCl2Y-. The van der Waals surface area contributed by atoms with Gasteiger partial charge in [0.05, 0.1) is 7.85 Å². The van der Waals surface area contributed by atoms with Gasteiger partial charge in [-0.05, 0) is 12.3 Å². The first-order chi connectivity index (χ1) is 8.18. The Balaban J connectivity index is 0.00000162. The van der Waals surface area contributed by atoms with Crippen molar-refractivity contribution in [3.63, 3.8) is 0 Å². The topological polar surface area (TPSA) is 0 Å². The van der Waals surface area contributed by atoms with E-state index < -0.39 is 0 Å². The second kappa shape index (κ2) is 8.30. The van der Waals surface area contributed by atoms with E-state index in [0.717, 1.165) is 25.7 Å². The summed E-state index contributed by atoms with van der Waals surface area (Å²) in [6, 6.07) is 11.2. The number of hydrogen-bond donors (Lipinski definition) is 0. The first kappa shape index (κ1) is 17.0. The van der Waals surface area contributed by atoms with Crippen molar-refractivity contribution in [2.75, 3.05) is 0 Å². The zero-order valence-electron chi connectivity index (χ0n) is 10.4. The summed E-state index contributed by atoms with van der Waals surface area (Å²) in [5, 5.41) is 0.197. The number of rotatable bonds is 4. The van der Waals surface area contributed by atoms with E-state index in [0.29, 0.717) is 5.92 Å². The van der Waals surface area contributed by atoms with E-state index in [1.165, 1.54) is 5.56 Å². The molecular weight excluding hydrogens is 339 g/mol. The molecule has 0 N–H and O–H groups in total. The first-order valence-corrected chi connectivity index (χ1v) is 7.04. The van der Waals surface area contributed by atoms with Gasteiger partial charge in [0.2, 0.25) is 0 Å². The monoisotopic (exact) mass is 354 g/mol. The molecule has 1 aromatic carbocycles. The Labute approximate surface area is 146 Å². The van der Waals surface area contributed by atoms with E-state index in [1.807, 2.05) is 18.2 Å². The minimum absolute atomic E-state index is 0. The van der Waals surface area contributed by atoms with Crippen molar-refractivity contribution in [3.05, 3.63) is 35.9 Å². The van der Waals surface area contributed by atoms with E-state index in [1.54, 1.807) is 0 Å². The van der Waals surface area contributed by atoms with Crippen molar-refractivity contribution in [1.82, 2.24) is 0 Å². The Kier molecular flexibility index (Phi) is 7.85. The summed E-state index contributed by atoms with van der Waals surface area (Å²) in [5.74, 6) is 0.424. The maximum Gasteiger partial charge on any atom is 0.0724 e. The summed E-state index contributed by atoms with van der Waals surface area (Å²) < 4.78 is 0. The van der Waals surface area contributed by atoms with Crippen molar-refractivity contribution >= 4 is 31.0 Å². The average molecular weight is 355 g/mol. The second-order valence-corrected chi connectivity index (χ2v) is 5.93. The molecule has 0 aliphatic heterocycles. The van der Waals surface area contributed by atoms with Crippen molar-refractivity contribution in [2.24, 2.45) is 5.92 Å². The van der Waals surface area contributed by atoms with Crippen LogP contribution in [0.3, 0.4) is 0 Å². The van der Waals surface area contributed by atoms with E-state index in [2.05, 4.69) is 12.1 Å². The molecule has 1 fully saturated rings. The van der Waals surface area contributed by atoms with Crippen LogP contribution in [0.4, 0.5) is 0 Å². The van der Waals surface area contributed by atoms with Crippen LogP contribution in [0, 0.1) is 12.0 Å². The SMILES string of the molecule is [B]C1C(Cl)CC(Cl)C1CCCc1c[c-]ccc1.[Y]. The van der Waals surface area contributed by atoms with Crippen LogP contribution in [0.25, 0.3) is 0 Å². The largest absolute Gasteiger partial charge is 0.184 e. The van der Waals surface area contributed by atoms with E-state index >= 15 is 0 Å². The molecule has 0 spiro atoms. The molecule has 93 valence electrons. The van der Waals surface area contributed by atoms with Gasteiger partial charge in [0, 0.05) is 43.5 Å². The predicted octanol–water partition coefficient (Wildman–Crippen LogP) is 4.00. The fourth-order valence-corrected chi connectivity index (χ4v) is 3.51. The normalized spacial score (nSPS) is 31.0. The molecule has 18 heavy (non-hydrogen) atoms. The molecule has 0 bridgehead atoms. The number of alkyl halides is 2. The molecule has 0 aromatic heterocycles. The predicted molar refractivity (Wildman–Crippen MR) is 75.1 cm³/mol. The van der Waals surface area contributed by atoms with Crippen LogP contribution in [0.2, 0.25) is 5.82 Å². The van der Waals surface area contributed by atoms with Gasteiger partial charge in [0.25, 0.3) is 0 Å². The van der Waals surface area contributed by atoms with Crippen LogP contribution in [0.1, 0.15) is 24.8 Å². The number of hydrogen-bond acceptors (Lipinski definition) is 0. The molecule has 4 atom stereocenters. The second-order valence-electron chi connectivity index (χ2n) is 4.81. The summed E-state index contributed by atoms with van der Waals surface area (Å²) in [6.45, 7) is 0. The summed E-state index contributed by atoms with van der Waals surface area (Å²) in [6.07, 6.45) is 4.08. The minimum Gasteiger partial charge on any atom is -0.184 e. The Bertz CT molecular complexity index is 347. The molecule has 4 unspecified atom stereocenters. The summed E-state index contributed by atoms with van der Waals surface area (Å²) in [5.41, 5.74) is 1.33. The van der Waals surface area contributed by atoms with Crippen molar-refractivity contribution < 1.29 is 32.7 Å². The van der Waals surface area contributed by atoms with Crippen LogP contribution in [0.15, 0.2) is 24.3 Å². The summed E-state index contributed by atoms with van der Waals surface area (Å²) in [7, 11) is 6.07. The first-order valence-electron chi connectivity index (χ1n) is 6.17. The molecule has 1 aromatic rings. The molecule has 4 heteroatoms. The Morgan fingerprint density at radius 3 is 2.67 bits per heavy atom. The Morgan fingerprint density at radius 1 is 1.33 bits per heavy atom. The van der Waals surface area contributed by atoms with E-state index in [9.17, 15) is 0 Å². The van der Waals surface area contributed by atoms with Crippen molar-refractivity contribution in [2.45, 2.75) is 42.3 Å². The molecule has 0 nitrogen and oxygen atoms in total. The fraction of sp³-hybridized carbons (Fsp3) is 0.571. The number of halogens is 2. The summed E-state index contributed by atoms with van der Waals surface area (Å²) in [4.78, 5) is 0. The van der Waals surface area contributed by atoms with Crippen LogP contribution in [-0.2, 0) is 39.1 Å². The minimum atomic E-state index is 0. The summed E-state index contributed by atoms with van der Waals surface area (Å²) >= 11 is 12.4. The van der Waals surface area contributed by atoms with Crippen molar-refractivity contribution in [3.8, 4) is 0 Å². The zero-order chi connectivity index (χ0) is 12.3. The van der Waals surface area contributed by atoms with Crippen LogP contribution < -0.4 is 0 Å². The average Bonchev–Trinajstić information content (AvgIpc) is 2.57. The Hall–Kier alpha value is 0.969. The van der Waals surface area contributed by atoms with Gasteiger partial charge in [-0.3, -0.25) is 0 Å². The Morgan fingerprint density at radius 2 is 2.11 bits per heavy atom. The third kappa shape index (κ3) is 4.51. The van der Waals surface area contributed by atoms with Gasteiger partial charge in [-0.2, -0.15) is 35.9 Å². The molecule has 3 radical (unpaired) electrons. The van der Waals surface area contributed by atoms with Gasteiger partial charge in [-0.25, -0.2) is 0 Å². The third-order valence-electron chi connectivity index (χ3n) is 3.60. The maximum absolute atomic E-state index is 6.28. The molecule has 1 aliphatic rings.